The lowest BCUT2D eigenvalue weighted by Gasteiger charge is -2.31. The highest BCUT2D eigenvalue weighted by atomic mass is 14.9. The minimum atomic E-state index is 0.145. The van der Waals surface area contributed by atoms with Crippen LogP contribution < -0.4 is 5.32 Å². The number of nitrogens with one attached hydrogen (secondary N) is 1. The lowest BCUT2D eigenvalue weighted by atomic mass is 9.80. The minimum Gasteiger partial charge on any atom is -0.387 e. The smallest absolute Gasteiger partial charge is 0.145 e. The zero-order chi connectivity index (χ0) is 9.68. The first-order chi connectivity index (χ1) is 6.27. The fourth-order valence-corrected chi connectivity index (χ4v) is 1.38. The summed E-state index contributed by atoms with van der Waals surface area (Å²) in [4.78, 5) is 0. The Morgan fingerprint density at radius 2 is 2.08 bits per heavy atom. The Balaban J connectivity index is 2.37. The fraction of sp³-hybridized carbons (Fsp3) is 0.600. The molecule has 0 aromatic heterocycles. The van der Waals surface area contributed by atoms with Gasteiger partial charge >= 0.3 is 0 Å². The van der Waals surface area contributed by atoms with Crippen LogP contribution in [0.15, 0.2) is 11.8 Å². The Kier molecular flexibility index (Phi) is 3.34. The minimum absolute atomic E-state index is 0.145. The molecule has 68 valence electrons. The number of hydrogen-bond acceptors (Lipinski definition) is 3. The van der Waals surface area contributed by atoms with Crippen molar-refractivity contribution < 1.29 is 0 Å². The molecule has 1 aliphatic rings. The molecule has 0 aromatic carbocycles. The van der Waals surface area contributed by atoms with Crippen molar-refractivity contribution in [1.29, 1.82) is 10.5 Å². The standard InChI is InChI=1S/C10H13N3/c1-8(10-3-2-4-10)13-7-9(5-11)6-12/h7-8,10,13H,2-4H2,1H3/t8-/m0/s1. The molecule has 0 aliphatic heterocycles. The average Bonchev–Trinajstić information content (AvgIpc) is 2.03. The van der Waals surface area contributed by atoms with Gasteiger partial charge in [0.1, 0.15) is 17.7 Å². The molecule has 1 fully saturated rings. The third-order valence-corrected chi connectivity index (χ3v) is 2.59. The van der Waals surface area contributed by atoms with Gasteiger partial charge in [0.15, 0.2) is 0 Å². The van der Waals surface area contributed by atoms with Gasteiger partial charge in [0, 0.05) is 12.2 Å². The van der Waals surface area contributed by atoms with Crippen LogP contribution in [0.4, 0.5) is 0 Å². The van der Waals surface area contributed by atoms with Gasteiger partial charge in [0.25, 0.3) is 0 Å². The SMILES string of the molecule is C[C@H](NC=C(C#N)C#N)C1CCC1. The van der Waals surface area contributed by atoms with Crippen molar-refractivity contribution in [1.82, 2.24) is 5.32 Å². The zero-order valence-corrected chi connectivity index (χ0v) is 7.75. The van der Waals surface area contributed by atoms with Gasteiger partial charge in [-0.25, -0.2) is 0 Å². The molecular weight excluding hydrogens is 162 g/mol. The molecule has 3 heteroatoms. The summed E-state index contributed by atoms with van der Waals surface area (Å²) in [5, 5.41) is 20.0. The van der Waals surface area contributed by atoms with Gasteiger partial charge in [-0.15, -0.1) is 0 Å². The Labute approximate surface area is 78.7 Å². The van der Waals surface area contributed by atoms with Gasteiger partial charge in [0.05, 0.1) is 0 Å². The molecule has 1 N–H and O–H groups in total. The number of nitriles is 2. The number of rotatable bonds is 3. The quantitative estimate of drug-likeness (QED) is 0.664. The van der Waals surface area contributed by atoms with Crippen LogP contribution in [0.3, 0.4) is 0 Å². The second-order valence-corrected chi connectivity index (χ2v) is 3.43. The molecule has 13 heavy (non-hydrogen) atoms. The Hall–Kier alpha value is -1.48. The molecule has 0 heterocycles. The van der Waals surface area contributed by atoms with E-state index in [-0.39, 0.29) is 5.57 Å². The summed E-state index contributed by atoms with van der Waals surface area (Å²) in [6, 6.07) is 4.02. The molecule has 0 aromatic rings. The van der Waals surface area contributed by atoms with E-state index < -0.39 is 0 Å². The molecule has 0 bridgehead atoms. The van der Waals surface area contributed by atoms with Gasteiger partial charge in [0.2, 0.25) is 0 Å². The molecule has 3 nitrogen and oxygen atoms in total. The van der Waals surface area contributed by atoms with Gasteiger partial charge in [-0.3, -0.25) is 0 Å². The summed E-state index contributed by atoms with van der Waals surface area (Å²) in [5.74, 6) is 0.717. The highest BCUT2D eigenvalue weighted by Gasteiger charge is 2.22. The summed E-state index contributed by atoms with van der Waals surface area (Å²) in [6.07, 6.45) is 5.35. The fourth-order valence-electron chi connectivity index (χ4n) is 1.38. The zero-order valence-electron chi connectivity index (χ0n) is 7.75. The molecule has 1 rings (SSSR count). The first-order valence-corrected chi connectivity index (χ1v) is 4.54. The van der Waals surface area contributed by atoms with E-state index in [2.05, 4.69) is 12.2 Å². The topological polar surface area (TPSA) is 59.6 Å². The molecule has 0 spiro atoms. The lowest BCUT2D eigenvalue weighted by molar-refractivity contribution is 0.254. The third-order valence-electron chi connectivity index (χ3n) is 2.59. The molecule has 1 saturated carbocycles. The molecule has 0 unspecified atom stereocenters. The van der Waals surface area contributed by atoms with E-state index >= 15 is 0 Å². The molecule has 1 atom stereocenters. The normalized spacial score (nSPS) is 17.5. The van der Waals surface area contributed by atoms with E-state index in [1.807, 2.05) is 12.1 Å². The maximum Gasteiger partial charge on any atom is 0.145 e. The second-order valence-electron chi connectivity index (χ2n) is 3.43. The molecular formula is C10H13N3. The van der Waals surface area contributed by atoms with Crippen molar-refractivity contribution in [3.05, 3.63) is 11.8 Å². The Morgan fingerprint density at radius 1 is 1.46 bits per heavy atom. The van der Waals surface area contributed by atoms with E-state index in [0.29, 0.717) is 6.04 Å². The third kappa shape index (κ3) is 2.49. The van der Waals surface area contributed by atoms with Crippen LogP contribution in [0.5, 0.6) is 0 Å². The van der Waals surface area contributed by atoms with E-state index in [4.69, 9.17) is 10.5 Å². The van der Waals surface area contributed by atoms with Crippen LogP contribution in [0.25, 0.3) is 0 Å². The highest BCUT2D eigenvalue weighted by molar-refractivity contribution is 5.34. The van der Waals surface area contributed by atoms with Crippen molar-refractivity contribution in [2.24, 2.45) is 5.92 Å². The number of hydrogen-bond donors (Lipinski definition) is 1. The number of nitrogens with zero attached hydrogens (tertiary/aromatic N) is 2. The van der Waals surface area contributed by atoms with Crippen molar-refractivity contribution in [3.8, 4) is 12.1 Å². The maximum absolute atomic E-state index is 8.47. The summed E-state index contributed by atoms with van der Waals surface area (Å²) < 4.78 is 0. The summed E-state index contributed by atoms with van der Waals surface area (Å²) in [7, 11) is 0. The monoisotopic (exact) mass is 175 g/mol. The van der Waals surface area contributed by atoms with Crippen LogP contribution in [-0.2, 0) is 0 Å². The van der Waals surface area contributed by atoms with Crippen molar-refractivity contribution in [3.63, 3.8) is 0 Å². The summed E-state index contributed by atoms with van der Waals surface area (Å²) in [5.41, 5.74) is 0.145. The van der Waals surface area contributed by atoms with Crippen molar-refractivity contribution in [2.45, 2.75) is 32.2 Å². The molecule has 0 saturated heterocycles. The van der Waals surface area contributed by atoms with Gasteiger partial charge in [-0.1, -0.05) is 6.42 Å². The predicted octanol–water partition coefficient (Wildman–Crippen LogP) is 1.70. The van der Waals surface area contributed by atoms with E-state index in [9.17, 15) is 0 Å². The molecule has 0 amide bonds. The van der Waals surface area contributed by atoms with Crippen LogP contribution in [-0.4, -0.2) is 6.04 Å². The molecule has 1 aliphatic carbocycles. The Bertz CT molecular complexity index is 260. The van der Waals surface area contributed by atoms with E-state index in [1.165, 1.54) is 25.5 Å². The van der Waals surface area contributed by atoms with Crippen LogP contribution in [0.2, 0.25) is 0 Å². The first-order valence-electron chi connectivity index (χ1n) is 4.54. The average molecular weight is 175 g/mol. The van der Waals surface area contributed by atoms with Gasteiger partial charge in [-0.05, 0) is 25.7 Å². The first kappa shape index (κ1) is 9.61. The van der Waals surface area contributed by atoms with Gasteiger partial charge in [-0.2, -0.15) is 10.5 Å². The van der Waals surface area contributed by atoms with Crippen LogP contribution in [0.1, 0.15) is 26.2 Å². The van der Waals surface area contributed by atoms with Crippen molar-refractivity contribution in [2.75, 3.05) is 0 Å². The van der Waals surface area contributed by atoms with Gasteiger partial charge < -0.3 is 5.32 Å². The van der Waals surface area contributed by atoms with E-state index in [0.717, 1.165) is 5.92 Å². The predicted molar refractivity (Wildman–Crippen MR) is 49.2 cm³/mol. The number of allylic oxidation sites excluding steroid dienone is 1. The second kappa shape index (κ2) is 4.52. The van der Waals surface area contributed by atoms with Crippen LogP contribution >= 0.6 is 0 Å². The molecule has 0 radical (unpaired) electrons. The van der Waals surface area contributed by atoms with E-state index in [1.54, 1.807) is 0 Å². The maximum atomic E-state index is 8.47. The van der Waals surface area contributed by atoms with Crippen LogP contribution in [0, 0.1) is 28.6 Å². The Morgan fingerprint density at radius 3 is 2.46 bits per heavy atom. The highest BCUT2D eigenvalue weighted by Crippen LogP contribution is 2.29. The summed E-state index contributed by atoms with van der Waals surface area (Å²) >= 11 is 0. The largest absolute Gasteiger partial charge is 0.387 e. The summed E-state index contributed by atoms with van der Waals surface area (Å²) in [6.45, 7) is 2.09. The lowest BCUT2D eigenvalue weighted by Crippen LogP contribution is -2.34. The van der Waals surface area contributed by atoms with Crippen molar-refractivity contribution >= 4 is 0 Å².